The van der Waals surface area contributed by atoms with Gasteiger partial charge in [-0.3, -0.25) is 0 Å². The van der Waals surface area contributed by atoms with Gasteiger partial charge in [-0.05, 0) is 12.4 Å². The standard InChI is InChI=1S/C10H13BO4/c1-10(14-6-7-15-10)8-4-2-3-5-9(8)11(12)13/h2-5,12-13H,6-7H2,1H3. The second-order valence-corrected chi connectivity index (χ2v) is 3.60. The first-order valence-electron chi connectivity index (χ1n) is 4.87. The number of ether oxygens (including phenoxy) is 2. The van der Waals surface area contributed by atoms with Gasteiger partial charge in [0, 0.05) is 5.56 Å². The Hall–Kier alpha value is -0.875. The van der Waals surface area contributed by atoms with E-state index in [1.54, 1.807) is 25.1 Å². The molecule has 0 saturated carbocycles. The second-order valence-electron chi connectivity index (χ2n) is 3.60. The lowest BCUT2D eigenvalue weighted by molar-refractivity contribution is -0.149. The third kappa shape index (κ3) is 1.91. The fourth-order valence-electron chi connectivity index (χ4n) is 1.81. The summed E-state index contributed by atoms with van der Waals surface area (Å²) < 4.78 is 10.9. The van der Waals surface area contributed by atoms with Crippen molar-refractivity contribution in [3.05, 3.63) is 29.8 Å². The van der Waals surface area contributed by atoms with Crippen LogP contribution < -0.4 is 5.46 Å². The molecular weight excluding hydrogens is 195 g/mol. The van der Waals surface area contributed by atoms with Crippen LogP contribution in [0.3, 0.4) is 0 Å². The Morgan fingerprint density at radius 3 is 2.40 bits per heavy atom. The molecule has 2 rings (SSSR count). The molecular formula is C10H13BO4. The van der Waals surface area contributed by atoms with Gasteiger partial charge >= 0.3 is 7.12 Å². The maximum absolute atomic E-state index is 9.22. The quantitative estimate of drug-likeness (QED) is 0.648. The van der Waals surface area contributed by atoms with Crippen LogP contribution in [0.1, 0.15) is 12.5 Å². The first kappa shape index (κ1) is 10.6. The molecule has 1 aromatic carbocycles. The van der Waals surface area contributed by atoms with E-state index in [2.05, 4.69) is 0 Å². The molecule has 5 heteroatoms. The van der Waals surface area contributed by atoms with Crippen molar-refractivity contribution >= 4 is 12.6 Å². The van der Waals surface area contributed by atoms with Gasteiger partial charge in [0.2, 0.25) is 0 Å². The Bertz CT molecular complexity index is 347. The topological polar surface area (TPSA) is 58.9 Å². The highest BCUT2D eigenvalue weighted by atomic mass is 16.7. The summed E-state index contributed by atoms with van der Waals surface area (Å²) in [6.07, 6.45) is 0. The van der Waals surface area contributed by atoms with Crippen molar-refractivity contribution in [3.8, 4) is 0 Å². The number of rotatable bonds is 2. The summed E-state index contributed by atoms with van der Waals surface area (Å²) in [5.41, 5.74) is 1.08. The predicted molar refractivity (Wildman–Crippen MR) is 55.5 cm³/mol. The summed E-state index contributed by atoms with van der Waals surface area (Å²) in [7, 11) is -1.51. The second kappa shape index (κ2) is 3.94. The van der Waals surface area contributed by atoms with Gasteiger partial charge in [-0.2, -0.15) is 0 Å². The average Bonchev–Trinajstić information content (AvgIpc) is 2.66. The molecule has 1 saturated heterocycles. The Morgan fingerprint density at radius 1 is 1.20 bits per heavy atom. The molecule has 0 atom stereocenters. The van der Waals surface area contributed by atoms with Crippen molar-refractivity contribution in [2.75, 3.05) is 13.2 Å². The van der Waals surface area contributed by atoms with E-state index >= 15 is 0 Å². The summed E-state index contributed by atoms with van der Waals surface area (Å²) in [6, 6.07) is 6.99. The van der Waals surface area contributed by atoms with Crippen LogP contribution in [0.25, 0.3) is 0 Å². The molecule has 1 fully saturated rings. The molecule has 1 aliphatic heterocycles. The lowest BCUT2D eigenvalue weighted by Gasteiger charge is -2.25. The van der Waals surface area contributed by atoms with Crippen molar-refractivity contribution in [2.24, 2.45) is 0 Å². The largest absolute Gasteiger partial charge is 0.488 e. The van der Waals surface area contributed by atoms with Crippen molar-refractivity contribution in [3.63, 3.8) is 0 Å². The monoisotopic (exact) mass is 208 g/mol. The van der Waals surface area contributed by atoms with Crippen molar-refractivity contribution in [2.45, 2.75) is 12.7 Å². The number of benzene rings is 1. The zero-order valence-corrected chi connectivity index (χ0v) is 8.51. The smallest absolute Gasteiger partial charge is 0.423 e. The summed E-state index contributed by atoms with van der Waals surface area (Å²) in [4.78, 5) is 0. The van der Waals surface area contributed by atoms with Crippen LogP contribution in [0.4, 0.5) is 0 Å². The van der Waals surface area contributed by atoms with E-state index in [0.29, 0.717) is 24.2 Å². The Morgan fingerprint density at radius 2 is 1.80 bits per heavy atom. The summed E-state index contributed by atoms with van der Waals surface area (Å²) in [5.74, 6) is -0.861. The van der Waals surface area contributed by atoms with E-state index in [9.17, 15) is 10.0 Å². The van der Waals surface area contributed by atoms with Crippen LogP contribution in [0.2, 0.25) is 0 Å². The van der Waals surface area contributed by atoms with Crippen LogP contribution in [0.5, 0.6) is 0 Å². The van der Waals surface area contributed by atoms with Gasteiger partial charge in [0.15, 0.2) is 5.79 Å². The summed E-state index contributed by atoms with van der Waals surface area (Å²) >= 11 is 0. The molecule has 1 heterocycles. The molecule has 0 unspecified atom stereocenters. The molecule has 15 heavy (non-hydrogen) atoms. The van der Waals surface area contributed by atoms with E-state index in [4.69, 9.17) is 9.47 Å². The minimum Gasteiger partial charge on any atom is -0.423 e. The van der Waals surface area contributed by atoms with E-state index < -0.39 is 12.9 Å². The van der Waals surface area contributed by atoms with E-state index in [1.165, 1.54) is 0 Å². The van der Waals surface area contributed by atoms with Gasteiger partial charge < -0.3 is 19.5 Å². The molecule has 0 amide bonds. The van der Waals surface area contributed by atoms with Gasteiger partial charge in [-0.25, -0.2) is 0 Å². The molecule has 1 aromatic rings. The van der Waals surface area contributed by atoms with Crippen LogP contribution in [0, 0.1) is 0 Å². The summed E-state index contributed by atoms with van der Waals surface area (Å²) in [5, 5.41) is 18.4. The van der Waals surface area contributed by atoms with Crippen LogP contribution >= 0.6 is 0 Å². The molecule has 80 valence electrons. The molecule has 1 aliphatic rings. The first-order valence-corrected chi connectivity index (χ1v) is 4.87. The SMILES string of the molecule is CC1(c2ccccc2B(O)O)OCCO1. The molecule has 0 bridgehead atoms. The Kier molecular flexibility index (Phi) is 2.80. The third-order valence-electron chi connectivity index (χ3n) is 2.57. The van der Waals surface area contributed by atoms with Crippen molar-refractivity contribution < 1.29 is 19.5 Å². The average molecular weight is 208 g/mol. The minimum absolute atomic E-state index is 0.418. The van der Waals surface area contributed by atoms with Crippen LogP contribution in [0.15, 0.2) is 24.3 Å². The lowest BCUT2D eigenvalue weighted by Crippen LogP contribution is -2.39. The molecule has 0 spiro atoms. The highest BCUT2D eigenvalue weighted by molar-refractivity contribution is 6.59. The maximum Gasteiger partial charge on any atom is 0.488 e. The van der Waals surface area contributed by atoms with Crippen LogP contribution in [-0.4, -0.2) is 30.4 Å². The molecule has 4 nitrogen and oxygen atoms in total. The zero-order valence-electron chi connectivity index (χ0n) is 8.51. The molecule has 0 aliphatic carbocycles. The highest BCUT2D eigenvalue weighted by Crippen LogP contribution is 2.29. The van der Waals surface area contributed by atoms with Gasteiger partial charge in [0.25, 0.3) is 0 Å². The molecule has 0 radical (unpaired) electrons. The van der Waals surface area contributed by atoms with Gasteiger partial charge in [-0.1, -0.05) is 24.3 Å². The van der Waals surface area contributed by atoms with Gasteiger partial charge in [0.05, 0.1) is 13.2 Å². The van der Waals surface area contributed by atoms with E-state index in [1.807, 2.05) is 6.07 Å². The summed E-state index contributed by atoms with van der Waals surface area (Å²) in [6.45, 7) is 2.82. The molecule has 0 aromatic heterocycles. The fourth-order valence-corrected chi connectivity index (χ4v) is 1.81. The number of hydrogen-bond donors (Lipinski definition) is 2. The Balaban J connectivity index is 2.42. The van der Waals surface area contributed by atoms with E-state index in [-0.39, 0.29) is 0 Å². The normalized spacial score (nSPS) is 19.1. The Labute approximate surface area is 88.6 Å². The first-order chi connectivity index (χ1) is 7.13. The van der Waals surface area contributed by atoms with Gasteiger partial charge in [-0.15, -0.1) is 0 Å². The molecule has 2 N–H and O–H groups in total. The zero-order chi connectivity index (χ0) is 10.9. The highest BCUT2D eigenvalue weighted by Gasteiger charge is 2.36. The van der Waals surface area contributed by atoms with Crippen molar-refractivity contribution in [1.29, 1.82) is 0 Å². The van der Waals surface area contributed by atoms with Crippen LogP contribution in [-0.2, 0) is 15.3 Å². The maximum atomic E-state index is 9.22. The minimum atomic E-state index is -1.51. The van der Waals surface area contributed by atoms with Gasteiger partial charge in [0.1, 0.15) is 0 Å². The predicted octanol–water partition coefficient (Wildman–Crippen LogP) is -0.414. The number of hydrogen-bond acceptors (Lipinski definition) is 4. The fraction of sp³-hybridized carbons (Fsp3) is 0.400. The lowest BCUT2D eigenvalue weighted by atomic mass is 9.75. The third-order valence-corrected chi connectivity index (χ3v) is 2.57. The van der Waals surface area contributed by atoms with Crippen molar-refractivity contribution in [1.82, 2.24) is 0 Å². The van der Waals surface area contributed by atoms with E-state index in [0.717, 1.165) is 0 Å².